The first-order valence-corrected chi connectivity index (χ1v) is 8.85. The summed E-state index contributed by atoms with van der Waals surface area (Å²) in [6.07, 6.45) is 2.38. The molecule has 1 saturated carbocycles. The average molecular weight is 332 g/mol. The predicted octanol–water partition coefficient (Wildman–Crippen LogP) is 1.99. The van der Waals surface area contributed by atoms with E-state index in [9.17, 15) is 8.42 Å². The second kappa shape index (κ2) is 6.12. The summed E-state index contributed by atoms with van der Waals surface area (Å²) in [5, 5.41) is 0.360. The summed E-state index contributed by atoms with van der Waals surface area (Å²) >= 11 is 6.01. The SMILES string of the molecule is Cc1c(N)cc(S(=O)(=O)NCC(C)N(C)C2CC2)cc1Cl. The Balaban J connectivity index is 2.07. The molecule has 118 valence electrons. The van der Waals surface area contributed by atoms with E-state index >= 15 is 0 Å². The van der Waals surface area contributed by atoms with Crippen LogP contribution in [0.3, 0.4) is 0 Å². The van der Waals surface area contributed by atoms with Gasteiger partial charge in [0.1, 0.15) is 0 Å². The molecule has 0 amide bonds. The zero-order chi connectivity index (χ0) is 15.8. The molecule has 0 radical (unpaired) electrons. The molecular formula is C14H22ClN3O2S. The first kappa shape index (κ1) is 16.5. The third kappa shape index (κ3) is 3.88. The van der Waals surface area contributed by atoms with Crippen molar-refractivity contribution in [1.82, 2.24) is 9.62 Å². The van der Waals surface area contributed by atoms with Crippen LogP contribution in [0.4, 0.5) is 5.69 Å². The van der Waals surface area contributed by atoms with Gasteiger partial charge in [-0.05, 0) is 51.4 Å². The number of halogens is 1. The van der Waals surface area contributed by atoms with Crippen LogP contribution in [-0.2, 0) is 10.0 Å². The molecule has 1 fully saturated rings. The van der Waals surface area contributed by atoms with Crippen molar-refractivity contribution in [3.8, 4) is 0 Å². The molecule has 1 unspecified atom stereocenters. The topological polar surface area (TPSA) is 75.4 Å². The first-order valence-electron chi connectivity index (χ1n) is 6.99. The third-order valence-corrected chi connectivity index (χ3v) is 5.85. The van der Waals surface area contributed by atoms with Gasteiger partial charge in [-0.3, -0.25) is 4.90 Å². The van der Waals surface area contributed by atoms with Crippen molar-refractivity contribution in [3.63, 3.8) is 0 Å². The first-order chi connectivity index (χ1) is 9.72. The predicted molar refractivity (Wildman–Crippen MR) is 86.0 cm³/mol. The van der Waals surface area contributed by atoms with Crippen LogP contribution in [0.2, 0.25) is 5.02 Å². The van der Waals surface area contributed by atoms with Crippen LogP contribution in [0.5, 0.6) is 0 Å². The van der Waals surface area contributed by atoms with Gasteiger partial charge in [0.15, 0.2) is 0 Å². The summed E-state index contributed by atoms with van der Waals surface area (Å²) in [6, 6.07) is 3.61. The molecule has 3 N–H and O–H groups in total. The van der Waals surface area contributed by atoms with Crippen LogP contribution in [0.1, 0.15) is 25.3 Å². The van der Waals surface area contributed by atoms with Crippen molar-refractivity contribution in [3.05, 3.63) is 22.7 Å². The van der Waals surface area contributed by atoms with Crippen LogP contribution in [0.15, 0.2) is 17.0 Å². The lowest BCUT2D eigenvalue weighted by molar-refractivity contribution is 0.248. The lowest BCUT2D eigenvalue weighted by Crippen LogP contribution is -2.41. The van der Waals surface area contributed by atoms with Gasteiger partial charge >= 0.3 is 0 Å². The van der Waals surface area contributed by atoms with E-state index in [1.165, 1.54) is 25.0 Å². The Morgan fingerprint density at radius 1 is 1.48 bits per heavy atom. The number of nitrogens with zero attached hydrogens (tertiary/aromatic N) is 1. The number of nitrogens with two attached hydrogens (primary N) is 1. The van der Waals surface area contributed by atoms with Gasteiger partial charge in [0.25, 0.3) is 0 Å². The summed E-state index contributed by atoms with van der Waals surface area (Å²) in [7, 11) is -1.57. The highest BCUT2D eigenvalue weighted by atomic mass is 35.5. The largest absolute Gasteiger partial charge is 0.398 e. The van der Waals surface area contributed by atoms with Gasteiger partial charge in [0, 0.05) is 29.3 Å². The summed E-state index contributed by atoms with van der Waals surface area (Å²) in [5.74, 6) is 0. The quantitative estimate of drug-likeness (QED) is 0.782. The Labute approximate surface area is 131 Å². The molecule has 0 heterocycles. The number of nitrogen functional groups attached to an aromatic ring is 1. The van der Waals surface area contributed by atoms with Crippen LogP contribution in [-0.4, -0.2) is 39.0 Å². The summed E-state index contributed by atoms with van der Waals surface area (Å²) < 4.78 is 27.3. The maximum Gasteiger partial charge on any atom is 0.240 e. The molecule has 0 spiro atoms. The molecular weight excluding hydrogens is 310 g/mol. The zero-order valence-corrected chi connectivity index (χ0v) is 14.1. The minimum absolute atomic E-state index is 0.108. The van der Waals surface area contributed by atoms with Gasteiger partial charge in [-0.2, -0.15) is 0 Å². The second-order valence-electron chi connectivity index (χ2n) is 5.72. The van der Waals surface area contributed by atoms with Gasteiger partial charge in [-0.25, -0.2) is 13.1 Å². The fourth-order valence-electron chi connectivity index (χ4n) is 2.13. The monoisotopic (exact) mass is 331 g/mol. The standard InChI is InChI=1S/C14H22ClN3O2S/c1-9(18(3)11-4-5-11)8-17-21(19,20)12-6-13(15)10(2)14(16)7-12/h6-7,9,11,17H,4-5,8,16H2,1-3H3. The van der Waals surface area contributed by atoms with E-state index < -0.39 is 10.0 Å². The van der Waals surface area contributed by atoms with Gasteiger partial charge < -0.3 is 5.73 Å². The molecule has 1 aromatic carbocycles. The lowest BCUT2D eigenvalue weighted by atomic mass is 10.2. The molecule has 2 rings (SSSR count). The van der Waals surface area contributed by atoms with E-state index in [0.717, 1.165) is 0 Å². The molecule has 5 nitrogen and oxygen atoms in total. The number of likely N-dealkylation sites (N-methyl/N-ethyl adjacent to an activating group) is 1. The van der Waals surface area contributed by atoms with Crippen LogP contribution >= 0.6 is 11.6 Å². The molecule has 0 bridgehead atoms. The highest BCUT2D eigenvalue weighted by Gasteiger charge is 2.29. The number of anilines is 1. The van der Waals surface area contributed by atoms with Crippen molar-refractivity contribution < 1.29 is 8.42 Å². The van der Waals surface area contributed by atoms with Crippen LogP contribution in [0, 0.1) is 6.92 Å². The van der Waals surface area contributed by atoms with Crippen molar-refractivity contribution in [2.75, 3.05) is 19.3 Å². The second-order valence-corrected chi connectivity index (χ2v) is 7.89. The van der Waals surface area contributed by atoms with E-state index in [4.69, 9.17) is 17.3 Å². The van der Waals surface area contributed by atoms with Crippen LogP contribution in [0.25, 0.3) is 0 Å². The fourth-order valence-corrected chi connectivity index (χ4v) is 3.60. The molecule has 1 aromatic rings. The molecule has 1 aliphatic carbocycles. The van der Waals surface area contributed by atoms with E-state index in [1.807, 2.05) is 14.0 Å². The minimum atomic E-state index is -3.60. The Hall–Kier alpha value is -0.820. The maximum atomic E-state index is 12.3. The van der Waals surface area contributed by atoms with Gasteiger partial charge in [0.2, 0.25) is 10.0 Å². The summed E-state index contributed by atoms with van der Waals surface area (Å²) in [5.41, 5.74) is 6.86. The molecule has 7 heteroatoms. The van der Waals surface area contributed by atoms with E-state index in [1.54, 1.807) is 6.92 Å². The maximum absolute atomic E-state index is 12.3. The highest BCUT2D eigenvalue weighted by Crippen LogP contribution is 2.27. The normalized spacial score (nSPS) is 17.2. The van der Waals surface area contributed by atoms with Crippen molar-refractivity contribution in [1.29, 1.82) is 0 Å². The molecule has 0 aromatic heterocycles. The van der Waals surface area contributed by atoms with Crippen molar-refractivity contribution >= 4 is 27.3 Å². The lowest BCUT2D eigenvalue weighted by Gasteiger charge is -2.24. The number of rotatable bonds is 6. The molecule has 0 saturated heterocycles. The van der Waals surface area contributed by atoms with Crippen molar-refractivity contribution in [2.24, 2.45) is 0 Å². The summed E-state index contributed by atoms with van der Waals surface area (Å²) in [6.45, 7) is 4.13. The number of benzene rings is 1. The van der Waals surface area contributed by atoms with Crippen LogP contribution < -0.4 is 10.5 Å². The minimum Gasteiger partial charge on any atom is -0.398 e. The Bertz CT molecular complexity index is 606. The van der Waals surface area contributed by atoms with Gasteiger partial charge in [-0.15, -0.1) is 0 Å². The van der Waals surface area contributed by atoms with Crippen molar-refractivity contribution in [2.45, 2.75) is 43.7 Å². The smallest absolute Gasteiger partial charge is 0.240 e. The molecule has 1 atom stereocenters. The number of hydrogen-bond donors (Lipinski definition) is 2. The van der Waals surface area contributed by atoms with Gasteiger partial charge in [-0.1, -0.05) is 11.6 Å². The van der Waals surface area contributed by atoms with E-state index in [2.05, 4.69) is 9.62 Å². The third-order valence-electron chi connectivity index (χ3n) is 4.06. The zero-order valence-electron chi connectivity index (χ0n) is 12.6. The van der Waals surface area contributed by atoms with E-state index in [-0.39, 0.29) is 10.9 Å². The Morgan fingerprint density at radius 2 is 2.10 bits per heavy atom. The number of hydrogen-bond acceptors (Lipinski definition) is 4. The highest BCUT2D eigenvalue weighted by molar-refractivity contribution is 7.89. The number of sulfonamides is 1. The summed E-state index contributed by atoms with van der Waals surface area (Å²) in [4.78, 5) is 2.32. The fraction of sp³-hybridized carbons (Fsp3) is 0.571. The molecule has 21 heavy (non-hydrogen) atoms. The van der Waals surface area contributed by atoms with E-state index in [0.29, 0.717) is 28.9 Å². The molecule has 1 aliphatic rings. The number of nitrogens with one attached hydrogen (secondary N) is 1. The molecule has 0 aliphatic heterocycles. The Morgan fingerprint density at radius 3 is 2.62 bits per heavy atom. The Kier molecular flexibility index (Phi) is 4.82. The average Bonchev–Trinajstić information content (AvgIpc) is 3.25. The van der Waals surface area contributed by atoms with Gasteiger partial charge in [0.05, 0.1) is 4.90 Å².